The molecule has 0 aliphatic carbocycles. The molecule has 0 aliphatic rings. The molecule has 0 saturated heterocycles. The summed E-state index contributed by atoms with van der Waals surface area (Å²) < 4.78 is 13.8. The Hall–Kier alpha value is -1.67. The van der Waals surface area contributed by atoms with Gasteiger partial charge in [-0.25, -0.2) is 4.39 Å². The minimum Gasteiger partial charge on any atom is -0.320 e. The highest BCUT2D eigenvalue weighted by Gasteiger charge is 2.13. The second kappa shape index (κ2) is 4.68. The van der Waals surface area contributed by atoms with Crippen molar-refractivity contribution in [2.45, 2.75) is 19.9 Å². The van der Waals surface area contributed by atoms with Crippen molar-refractivity contribution in [3.8, 4) is 0 Å². The number of benzene rings is 2. The monoisotopic (exact) mass is 229 g/mol. The van der Waals surface area contributed by atoms with Crippen LogP contribution in [0.4, 0.5) is 4.39 Å². The summed E-state index contributed by atoms with van der Waals surface area (Å²) in [7, 11) is 0. The van der Waals surface area contributed by atoms with Gasteiger partial charge in [-0.2, -0.15) is 0 Å². The molecule has 2 heteroatoms. The van der Waals surface area contributed by atoms with Crippen molar-refractivity contribution in [3.05, 3.63) is 70.5 Å². The van der Waals surface area contributed by atoms with Crippen LogP contribution in [0.25, 0.3) is 0 Å². The number of nitrogens with two attached hydrogens (primary N) is 1. The molecular weight excluding hydrogens is 213 g/mol. The quantitative estimate of drug-likeness (QED) is 0.838. The van der Waals surface area contributed by atoms with Gasteiger partial charge in [-0.05, 0) is 31.0 Å². The van der Waals surface area contributed by atoms with Crippen LogP contribution in [-0.2, 0) is 0 Å². The molecule has 1 unspecified atom stereocenters. The van der Waals surface area contributed by atoms with Crippen LogP contribution in [0, 0.1) is 19.7 Å². The highest BCUT2D eigenvalue weighted by molar-refractivity contribution is 5.35. The van der Waals surface area contributed by atoms with Gasteiger partial charge in [0.15, 0.2) is 0 Å². The summed E-state index contributed by atoms with van der Waals surface area (Å²) in [6.07, 6.45) is 0. The summed E-state index contributed by atoms with van der Waals surface area (Å²) in [4.78, 5) is 0. The third-order valence-electron chi connectivity index (χ3n) is 2.89. The van der Waals surface area contributed by atoms with E-state index in [2.05, 4.69) is 0 Å². The summed E-state index contributed by atoms with van der Waals surface area (Å²) in [5, 5.41) is 0. The zero-order valence-electron chi connectivity index (χ0n) is 10.1. The maximum absolute atomic E-state index is 13.8. The van der Waals surface area contributed by atoms with E-state index in [-0.39, 0.29) is 5.82 Å². The van der Waals surface area contributed by atoms with Crippen LogP contribution in [0.5, 0.6) is 0 Å². The van der Waals surface area contributed by atoms with Crippen molar-refractivity contribution in [2.24, 2.45) is 5.73 Å². The third-order valence-corrected chi connectivity index (χ3v) is 2.89. The second-order valence-electron chi connectivity index (χ2n) is 4.42. The van der Waals surface area contributed by atoms with Crippen molar-refractivity contribution >= 4 is 0 Å². The van der Waals surface area contributed by atoms with E-state index in [1.165, 1.54) is 6.07 Å². The molecule has 0 bridgehead atoms. The Balaban J connectivity index is 2.40. The van der Waals surface area contributed by atoms with Gasteiger partial charge >= 0.3 is 0 Å². The predicted octanol–water partition coefficient (Wildman–Crippen LogP) is 3.49. The Morgan fingerprint density at radius 3 is 2.35 bits per heavy atom. The van der Waals surface area contributed by atoms with E-state index in [0.29, 0.717) is 5.56 Å². The number of halogens is 1. The van der Waals surface area contributed by atoms with Gasteiger partial charge in [-0.3, -0.25) is 0 Å². The van der Waals surface area contributed by atoms with Crippen molar-refractivity contribution in [3.63, 3.8) is 0 Å². The zero-order valence-corrected chi connectivity index (χ0v) is 10.1. The maximum atomic E-state index is 13.8. The van der Waals surface area contributed by atoms with Gasteiger partial charge in [-0.15, -0.1) is 0 Å². The van der Waals surface area contributed by atoms with Crippen LogP contribution in [0.15, 0.2) is 42.5 Å². The maximum Gasteiger partial charge on any atom is 0.128 e. The first-order valence-corrected chi connectivity index (χ1v) is 5.66. The first-order chi connectivity index (χ1) is 8.08. The van der Waals surface area contributed by atoms with E-state index in [1.807, 2.05) is 44.2 Å². The summed E-state index contributed by atoms with van der Waals surface area (Å²) >= 11 is 0. The standard InChI is InChI=1S/C15H16FN/c1-10-4-3-5-12(8-10)15(17)13-7-6-11(2)9-14(13)16/h3-9,15H,17H2,1-2H3. The Labute approximate surface area is 101 Å². The van der Waals surface area contributed by atoms with E-state index in [0.717, 1.165) is 16.7 Å². The molecule has 1 nitrogen and oxygen atoms in total. The minimum atomic E-state index is -0.407. The predicted molar refractivity (Wildman–Crippen MR) is 68.3 cm³/mol. The molecule has 0 radical (unpaired) electrons. The molecule has 0 spiro atoms. The van der Waals surface area contributed by atoms with Gasteiger partial charge < -0.3 is 5.73 Å². The molecule has 0 saturated carbocycles. The molecule has 0 aromatic heterocycles. The fourth-order valence-electron chi connectivity index (χ4n) is 1.93. The molecule has 88 valence electrons. The molecule has 2 aromatic rings. The fraction of sp³-hybridized carbons (Fsp3) is 0.200. The van der Waals surface area contributed by atoms with Gasteiger partial charge in [-0.1, -0.05) is 42.0 Å². The first-order valence-electron chi connectivity index (χ1n) is 5.66. The Bertz CT molecular complexity index is 534. The molecule has 2 aromatic carbocycles. The van der Waals surface area contributed by atoms with Crippen LogP contribution in [0.3, 0.4) is 0 Å². The van der Waals surface area contributed by atoms with Gasteiger partial charge in [0.25, 0.3) is 0 Å². The van der Waals surface area contributed by atoms with E-state index >= 15 is 0 Å². The van der Waals surface area contributed by atoms with Crippen LogP contribution in [-0.4, -0.2) is 0 Å². The number of hydrogen-bond acceptors (Lipinski definition) is 1. The number of aryl methyl sites for hydroxylation is 2. The molecule has 2 N–H and O–H groups in total. The Kier molecular flexibility index (Phi) is 3.25. The zero-order chi connectivity index (χ0) is 12.4. The summed E-state index contributed by atoms with van der Waals surface area (Å²) in [5.74, 6) is -0.237. The number of rotatable bonds is 2. The average Bonchev–Trinajstić information content (AvgIpc) is 2.28. The summed E-state index contributed by atoms with van der Waals surface area (Å²) in [6, 6.07) is 12.6. The smallest absolute Gasteiger partial charge is 0.128 e. The average molecular weight is 229 g/mol. The Morgan fingerprint density at radius 2 is 1.71 bits per heavy atom. The van der Waals surface area contributed by atoms with Crippen LogP contribution in [0.2, 0.25) is 0 Å². The Morgan fingerprint density at radius 1 is 1.00 bits per heavy atom. The molecule has 0 amide bonds. The lowest BCUT2D eigenvalue weighted by Crippen LogP contribution is -2.13. The van der Waals surface area contributed by atoms with E-state index in [9.17, 15) is 4.39 Å². The van der Waals surface area contributed by atoms with Crippen LogP contribution >= 0.6 is 0 Å². The lowest BCUT2D eigenvalue weighted by Gasteiger charge is -2.14. The second-order valence-corrected chi connectivity index (χ2v) is 4.42. The molecule has 17 heavy (non-hydrogen) atoms. The lowest BCUT2D eigenvalue weighted by atomic mass is 9.97. The van der Waals surface area contributed by atoms with Crippen molar-refractivity contribution in [1.82, 2.24) is 0 Å². The highest BCUT2D eigenvalue weighted by Crippen LogP contribution is 2.23. The van der Waals surface area contributed by atoms with Crippen molar-refractivity contribution in [1.29, 1.82) is 0 Å². The first kappa shape index (κ1) is 11.8. The SMILES string of the molecule is Cc1cccc(C(N)c2ccc(C)cc2F)c1. The van der Waals surface area contributed by atoms with Gasteiger partial charge in [0.2, 0.25) is 0 Å². The van der Waals surface area contributed by atoms with Crippen molar-refractivity contribution < 1.29 is 4.39 Å². The van der Waals surface area contributed by atoms with E-state index < -0.39 is 6.04 Å². The van der Waals surface area contributed by atoms with Crippen LogP contribution in [0.1, 0.15) is 28.3 Å². The summed E-state index contributed by atoms with van der Waals surface area (Å²) in [5.41, 5.74) is 9.61. The minimum absolute atomic E-state index is 0.237. The summed E-state index contributed by atoms with van der Waals surface area (Å²) in [6.45, 7) is 3.87. The third kappa shape index (κ3) is 2.53. The molecule has 0 fully saturated rings. The van der Waals surface area contributed by atoms with Gasteiger partial charge in [0.05, 0.1) is 6.04 Å². The lowest BCUT2D eigenvalue weighted by molar-refractivity contribution is 0.598. The normalized spacial score (nSPS) is 12.5. The molecule has 0 heterocycles. The number of hydrogen-bond donors (Lipinski definition) is 1. The van der Waals surface area contributed by atoms with Gasteiger partial charge in [0, 0.05) is 5.56 Å². The highest BCUT2D eigenvalue weighted by atomic mass is 19.1. The fourth-order valence-corrected chi connectivity index (χ4v) is 1.93. The molecule has 1 atom stereocenters. The molecular formula is C15H16FN. The topological polar surface area (TPSA) is 26.0 Å². The van der Waals surface area contributed by atoms with E-state index in [4.69, 9.17) is 5.73 Å². The molecule has 2 rings (SSSR count). The largest absolute Gasteiger partial charge is 0.320 e. The molecule has 0 aliphatic heterocycles. The van der Waals surface area contributed by atoms with Gasteiger partial charge in [0.1, 0.15) is 5.82 Å². The van der Waals surface area contributed by atoms with E-state index in [1.54, 1.807) is 6.07 Å². The van der Waals surface area contributed by atoms with Crippen LogP contribution < -0.4 is 5.73 Å². The van der Waals surface area contributed by atoms with Crippen molar-refractivity contribution in [2.75, 3.05) is 0 Å².